The Morgan fingerprint density at radius 2 is 2.12 bits per heavy atom. The summed E-state index contributed by atoms with van der Waals surface area (Å²) in [5.41, 5.74) is 1.42. The van der Waals surface area contributed by atoms with Crippen LogP contribution in [0.2, 0.25) is 5.02 Å². The maximum atomic E-state index is 12.1. The molecule has 2 amide bonds. The number of carbonyl (C=O) groups excluding carboxylic acids is 2. The second kappa shape index (κ2) is 7.89. The summed E-state index contributed by atoms with van der Waals surface area (Å²) in [6.45, 7) is 0.580. The lowest BCUT2D eigenvalue weighted by atomic mass is 10.2. The van der Waals surface area contributed by atoms with Crippen molar-refractivity contribution in [3.8, 4) is 5.75 Å². The Morgan fingerprint density at radius 3 is 2.84 bits per heavy atom. The van der Waals surface area contributed by atoms with Gasteiger partial charge in [-0.1, -0.05) is 17.7 Å². The monoisotopic (exact) mass is 422 g/mol. The first-order valence-corrected chi connectivity index (χ1v) is 8.98. The van der Waals surface area contributed by atoms with Crippen LogP contribution in [0.25, 0.3) is 0 Å². The molecule has 0 atom stereocenters. The summed E-state index contributed by atoms with van der Waals surface area (Å²) >= 11 is 9.21. The van der Waals surface area contributed by atoms with Crippen LogP contribution in [0.3, 0.4) is 0 Å². The zero-order valence-corrected chi connectivity index (χ0v) is 15.6. The summed E-state index contributed by atoms with van der Waals surface area (Å²) in [4.78, 5) is 25.7. The van der Waals surface area contributed by atoms with E-state index in [4.69, 9.17) is 16.3 Å². The van der Waals surface area contributed by atoms with Crippen molar-refractivity contribution in [1.82, 2.24) is 0 Å². The van der Waals surface area contributed by atoms with Gasteiger partial charge in [-0.05, 0) is 58.7 Å². The normalized spacial score (nSPS) is 13.8. The van der Waals surface area contributed by atoms with Crippen LogP contribution in [0.15, 0.2) is 46.9 Å². The van der Waals surface area contributed by atoms with Gasteiger partial charge in [0.1, 0.15) is 5.75 Å². The maximum absolute atomic E-state index is 12.1. The van der Waals surface area contributed by atoms with Crippen molar-refractivity contribution in [3.63, 3.8) is 0 Å². The summed E-state index contributed by atoms with van der Waals surface area (Å²) in [5.74, 6) is 0.363. The first-order valence-electron chi connectivity index (χ1n) is 7.81. The largest absolute Gasteiger partial charge is 0.483 e. The quantitative estimate of drug-likeness (QED) is 0.782. The van der Waals surface area contributed by atoms with Gasteiger partial charge in [0.25, 0.3) is 5.91 Å². The lowest BCUT2D eigenvalue weighted by molar-refractivity contribution is -0.118. The number of halogens is 2. The minimum absolute atomic E-state index is 0.111. The molecule has 0 aromatic heterocycles. The number of nitrogens with one attached hydrogen (secondary N) is 1. The summed E-state index contributed by atoms with van der Waals surface area (Å²) in [7, 11) is 0. The number of hydrogen-bond donors (Lipinski definition) is 1. The van der Waals surface area contributed by atoms with Crippen molar-refractivity contribution in [3.05, 3.63) is 52.0 Å². The minimum atomic E-state index is -0.285. The fraction of sp³-hybridized carbons (Fsp3) is 0.222. The van der Waals surface area contributed by atoms with Crippen LogP contribution >= 0.6 is 27.5 Å². The molecule has 5 nitrogen and oxygen atoms in total. The Hall–Kier alpha value is -2.05. The molecule has 1 fully saturated rings. The second-order valence-electron chi connectivity index (χ2n) is 5.61. The predicted octanol–water partition coefficient (Wildman–Crippen LogP) is 4.25. The van der Waals surface area contributed by atoms with Gasteiger partial charge >= 0.3 is 0 Å². The lowest BCUT2D eigenvalue weighted by Crippen LogP contribution is -2.24. The molecule has 1 aliphatic rings. The number of rotatable bonds is 5. The van der Waals surface area contributed by atoms with Gasteiger partial charge in [-0.25, -0.2) is 0 Å². The van der Waals surface area contributed by atoms with Crippen molar-refractivity contribution < 1.29 is 14.3 Å². The van der Waals surface area contributed by atoms with Crippen LogP contribution in [0.1, 0.15) is 12.8 Å². The van der Waals surface area contributed by atoms with Gasteiger partial charge in [0.15, 0.2) is 6.61 Å². The Labute approximate surface area is 159 Å². The third-order valence-corrected chi connectivity index (χ3v) is 4.62. The van der Waals surface area contributed by atoms with Crippen molar-refractivity contribution >= 4 is 50.7 Å². The number of carbonyl (C=O) groups is 2. The summed E-state index contributed by atoms with van der Waals surface area (Å²) in [6.07, 6.45) is 1.43. The number of hydrogen-bond acceptors (Lipinski definition) is 3. The summed E-state index contributed by atoms with van der Waals surface area (Å²) < 4.78 is 6.17. The fourth-order valence-corrected chi connectivity index (χ4v) is 3.40. The highest BCUT2D eigenvalue weighted by Crippen LogP contribution is 2.28. The first kappa shape index (κ1) is 17.8. The summed E-state index contributed by atoms with van der Waals surface area (Å²) in [5, 5.41) is 3.36. The molecule has 1 saturated heterocycles. The van der Waals surface area contributed by atoms with Crippen LogP contribution in [0, 0.1) is 0 Å². The van der Waals surface area contributed by atoms with Gasteiger partial charge < -0.3 is 15.0 Å². The van der Waals surface area contributed by atoms with E-state index in [1.54, 1.807) is 35.2 Å². The standard InChI is InChI=1S/C18H16BrClN2O3/c19-15-9-12(20)6-7-16(15)25-11-17(23)21-13-3-1-4-14(10-13)22-8-2-5-18(22)24/h1,3-4,6-7,9-10H,2,5,8,11H2,(H,21,23). The number of anilines is 2. The van der Waals surface area contributed by atoms with Crippen molar-refractivity contribution in [1.29, 1.82) is 0 Å². The number of nitrogens with zero attached hydrogens (tertiary/aromatic N) is 1. The molecule has 0 unspecified atom stereocenters. The van der Waals surface area contributed by atoms with Crippen molar-refractivity contribution in [2.75, 3.05) is 23.4 Å². The van der Waals surface area contributed by atoms with Crippen LogP contribution in [-0.4, -0.2) is 25.0 Å². The molecule has 0 spiro atoms. The van der Waals surface area contributed by atoms with Crippen molar-refractivity contribution in [2.45, 2.75) is 12.8 Å². The maximum Gasteiger partial charge on any atom is 0.262 e. The number of amides is 2. The molecular formula is C18H16BrClN2O3. The second-order valence-corrected chi connectivity index (χ2v) is 6.90. The molecule has 0 aliphatic carbocycles. The van der Waals surface area contributed by atoms with E-state index in [0.29, 0.717) is 33.9 Å². The third-order valence-electron chi connectivity index (χ3n) is 3.77. The van der Waals surface area contributed by atoms with E-state index < -0.39 is 0 Å². The molecule has 3 rings (SSSR count). The Morgan fingerprint density at radius 1 is 1.28 bits per heavy atom. The van der Waals surface area contributed by atoms with E-state index >= 15 is 0 Å². The zero-order chi connectivity index (χ0) is 17.8. The average Bonchev–Trinajstić information content (AvgIpc) is 3.00. The smallest absolute Gasteiger partial charge is 0.262 e. The van der Waals surface area contributed by atoms with Gasteiger partial charge in [-0.3, -0.25) is 9.59 Å². The first-order chi connectivity index (χ1) is 12.0. The molecule has 2 aromatic rings. The fourth-order valence-electron chi connectivity index (χ4n) is 2.61. The number of ether oxygens (including phenoxy) is 1. The van der Waals surface area contributed by atoms with E-state index in [1.165, 1.54) is 0 Å². The van der Waals surface area contributed by atoms with Crippen molar-refractivity contribution in [2.24, 2.45) is 0 Å². The summed E-state index contributed by atoms with van der Waals surface area (Å²) in [6, 6.07) is 12.3. The molecule has 1 aliphatic heterocycles. The molecule has 25 heavy (non-hydrogen) atoms. The van der Waals surface area contributed by atoms with E-state index in [0.717, 1.165) is 12.1 Å². The van der Waals surface area contributed by atoms with Gasteiger partial charge in [-0.15, -0.1) is 0 Å². The highest BCUT2D eigenvalue weighted by molar-refractivity contribution is 9.10. The lowest BCUT2D eigenvalue weighted by Gasteiger charge is -2.17. The third kappa shape index (κ3) is 4.52. The molecule has 7 heteroatoms. The van der Waals surface area contributed by atoms with Gasteiger partial charge in [-0.2, -0.15) is 0 Å². The zero-order valence-electron chi connectivity index (χ0n) is 13.3. The predicted molar refractivity (Wildman–Crippen MR) is 101 cm³/mol. The minimum Gasteiger partial charge on any atom is -0.483 e. The highest BCUT2D eigenvalue weighted by atomic mass is 79.9. The Kier molecular flexibility index (Phi) is 5.60. The molecule has 1 heterocycles. The van der Waals surface area contributed by atoms with Gasteiger partial charge in [0, 0.05) is 29.4 Å². The molecule has 2 aromatic carbocycles. The SMILES string of the molecule is O=C(COc1ccc(Cl)cc1Br)Nc1cccc(N2CCCC2=O)c1. The van der Waals surface area contributed by atoms with Crippen LogP contribution in [-0.2, 0) is 9.59 Å². The molecule has 1 N–H and O–H groups in total. The van der Waals surface area contributed by atoms with E-state index in [9.17, 15) is 9.59 Å². The van der Waals surface area contributed by atoms with Gasteiger partial charge in [0.05, 0.1) is 4.47 Å². The van der Waals surface area contributed by atoms with E-state index in [-0.39, 0.29) is 18.4 Å². The molecule has 0 saturated carbocycles. The Bertz CT molecular complexity index is 813. The van der Waals surface area contributed by atoms with E-state index in [2.05, 4.69) is 21.2 Å². The van der Waals surface area contributed by atoms with Crippen LogP contribution < -0.4 is 15.0 Å². The van der Waals surface area contributed by atoms with E-state index in [1.807, 2.05) is 12.1 Å². The topological polar surface area (TPSA) is 58.6 Å². The molecule has 0 bridgehead atoms. The molecule has 130 valence electrons. The average molecular weight is 424 g/mol. The van der Waals surface area contributed by atoms with Gasteiger partial charge in [0.2, 0.25) is 5.91 Å². The molecular weight excluding hydrogens is 408 g/mol. The highest BCUT2D eigenvalue weighted by Gasteiger charge is 2.21. The Balaban J connectivity index is 1.60. The number of benzene rings is 2. The van der Waals surface area contributed by atoms with Crippen LogP contribution in [0.5, 0.6) is 5.75 Å². The molecule has 0 radical (unpaired) electrons. The van der Waals surface area contributed by atoms with Crippen LogP contribution in [0.4, 0.5) is 11.4 Å².